The minimum Gasteiger partial charge on any atom is -0.311 e. The number of rotatable bonds is 8. The number of thioether (sulfide) groups is 1. The van der Waals surface area contributed by atoms with Crippen LogP contribution in [0.15, 0.2) is 0 Å². The van der Waals surface area contributed by atoms with Gasteiger partial charge < -0.3 is 5.32 Å². The molecule has 0 amide bonds. The van der Waals surface area contributed by atoms with Crippen LogP contribution in [0.4, 0.5) is 0 Å². The van der Waals surface area contributed by atoms with E-state index in [2.05, 4.69) is 49.7 Å². The molecule has 1 saturated heterocycles. The Labute approximate surface area is 118 Å². The maximum Gasteiger partial charge on any atom is 0.0221 e. The molecular weight excluding hydrogens is 240 g/mol. The molecule has 2 unspecified atom stereocenters. The molecule has 3 heteroatoms. The molecule has 2 nitrogen and oxygen atoms in total. The fourth-order valence-electron chi connectivity index (χ4n) is 2.87. The van der Waals surface area contributed by atoms with Gasteiger partial charge in [-0.1, -0.05) is 34.1 Å². The molecule has 1 rings (SSSR count). The molecule has 0 aromatic rings. The molecule has 0 spiro atoms. The highest BCUT2D eigenvalue weighted by Crippen LogP contribution is 2.17. The molecule has 1 fully saturated rings. The predicted octanol–water partition coefficient (Wildman–Crippen LogP) is 3.23. The maximum absolute atomic E-state index is 3.76. The van der Waals surface area contributed by atoms with E-state index in [9.17, 15) is 0 Å². The SMILES string of the molecule is CCCC1CNC(CC(C)C)CN1CCSCC. The average Bonchev–Trinajstić information content (AvgIpc) is 2.32. The first-order valence-corrected chi connectivity index (χ1v) is 8.88. The molecule has 1 aliphatic rings. The minimum atomic E-state index is 0.713. The van der Waals surface area contributed by atoms with Gasteiger partial charge in [-0.3, -0.25) is 4.90 Å². The van der Waals surface area contributed by atoms with Crippen molar-refractivity contribution in [1.82, 2.24) is 10.2 Å². The highest BCUT2D eigenvalue weighted by atomic mass is 32.2. The zero-order valence-corrected chi connectivity index (χ0v) is 13.6. The van der Waals surface area contributed by atoms with Crippen molar-refractivity contribution >= 4 is 11.8 Å². The van der Waals surface area contributed by atoms with Crippen molar-refractivity contribution in [3.05, 3.63) is 0 Å². The molecule has 0 radical (unpaired) electrons. The van der Waals surface area contributed by atoms with Crippen LogP contribution in [-0.4, -0.2) is 48.1 Å². The lowest BCUT2D eigenvalue weighted by atomic mass is 9.98. The van der Waals surface area contributed by atoms with Crippen molar-refractivity contribution < 1.29 is 0 Å². The van der Waals surface area contributed by atoms with E-state index in [0.717, 1.165) is 12.0 Å². The molecule has 18 heavy (non-hydrogen) atoms. The molecule has 0 aliphatic carbocycles. The van der Waals surface area contributed by atoms with Gasteiger partial charge in [0.15, 0.2) is 0 Å². The summed E-state index contributed by atoms with van der Waals surface area (Å²) >= 11 is 2.07. The summed E-state index contributed by atoms with van der Waals surface area (Å²) in [6.45, 7) is 13.0. The third-order valence-electron chi connectivity index (χ3n) is 3.72. The predicted molar refractivity (Wildman–Crippen MR) is 84.5 cm³/mol. The molecule has 0 saturated carbocycles. The van der Waals surface area contributed by atoms with Gasteiger partial charge in [0, 0.05) is 37.5 Å². The summed E-state index contributed by atoms with van der Waals surface area (Å²) in [7, 11) is 0. The van der Waals surface area contributed by atoms with E-state index in [1.54, 1.807) is 0 Å². The minimum absolute atomic E-state index is 0.713. The van der Waals surface area contributed by atoms with Crippen LogP contribution in [0.5, 0.6) is 0 Å². The van der Waals surface area contributed by atoms with Crippen LogP contribution in [0, 0.1) is 5.92 Å². The Kier molecular flexibility index (Phi) is 8.36. The molecule has 0 aromatic carbocycles. The van der Waals surface area contributed by atoms with E-state index in [1.165, 1.54) is 50.4 Å². The first-order chi connectivity index (χ1) is 8.67. The number of nitrogens with zero attached hydrogens (tertiary/aromatic N) is 1. The van der Waals surface area contributed by atoms with Gasteiger partial charge in [0.2, 0.25) is 0 Å². The van der Waals surface area contributed by atoms with Crippen molar-refractivity contribution in [2.24, 2.45) is 5.92 Å². The van der Waals surface area contributed by atoms with E-state index in [1.807, 2.05) is 0 Å². The van der Waals surface area contributed by atoms with Crippen molar-refractivity contribution in [3.8, 4) is 0 Å². The topological polar surface area (TPSA) is 15.3 Å². The largest absolute Gasteiger partial charge is 0.311 e. The summed E-state index contributed by atoms with van der Waals surface area (Å²) in [5.41, 5.74) is 0. The molecule has 1 heterocycles. The molecule has 0 bridgehead atoms. The van der Waals surface area contributed by atoms with Crippen LogP contribution in [0.3, 0.4) is 0 Å². The Morgan fingerprint density at radius 1 is 1.33 bits per heavy atom. The van der Waals surface area contributed by atoms with Crippen LogP contribution in [0.1, 0.15) is 47.0 Å². The third kappa shape index (κ3) is 5.94. The van der Waals surface area contributed by atoms with E-state index in [0.29, 0.717) is 6.04 Å². The second-order valence-corrected chi connectivity index (χ2v) is 7.26. The number of nitrogens with one attached hydrogen (secondary N) is 1. The van der Waals surface area contributed by atoms with Crippen molar-refractivity contribution in [1.29, 1.82) is 0 Å². The van der Waals surface area contributed by atoms with Crippen LogP contribution >= 0.6 is 11.8 Å². The zero-order chi connectivity index (χ0) is 13.4. The Morgan fingerprint density at radius 2 is 2.11 bits per heavy atom. The number of hydrogen-bond acceptors (Lipinski definition) is 3. The van der Waals surface area contributed by atoms with E-state index >= 15 is 0 Å². The van der Waals surface area contributed by atoms with Gasteiger partial charge in [-0.25, -0.2) is 0 Å². The van der Waals surface area contributed by atoms with Crippen molar-refractivity contribution in [2.75, 3.05) is 31.1 Å². The lowest BCUT2D eigenvalue weighted by molar-refractivity contribution is 0.122. The van der Waals surface area contributed by atoms with E-state index in [4.69, 9.17) is 0 Å². The summed E-state index contributed by atoms with van der Waals surface area (Å²) in [5, 5.41) is 3.76. The normalized spacial score (nSPS) is 25.8. The van der Waals surface area contributed by atoms with Crippen molar-refractivity contribution in [2.45, 2.75) is 59.0 Å². The van der Waals surface area contributed by atoms with Crippen molar-refractivity contribution in [3.63, 3.8) is 0 Å². The van der Waals surface area contributed by atoms with Gasteiger partial charge in [0.05, 0.1) is 0 Å². The average molecular weight is 273 g/mol. The van der Waals surface area contributed by atoms with Gasteiger partial charge in [0.1, 0.15) is 0 Å². The van der Waals surface area contributed by atoms with Gasteiger partial charge in [-0.2, -0.15) is 11.8 Å². The summed E-state index contributed by atoms with van der Waals surface area (Å²) in [6, 6.07) is 1.49. The first-order valence-electron chi connectivity index (χ1n) is 7.72. The maximum atomic E-state index is 3.76. The summed E-state index contributed by atoms with van der Waals surface area (Å²) in [6.07, 6.45) is 3.97. The summed E-state index contributed by atoms with van der Waals surface area (Å²) in [4.78, 5) is 2.75. The lowest BCUT2D eigenvalue weighted by Crippen LogP contribution is -2.57. The number of hydrogen-bond donors (Lipinski definition) is 1. The van der Waals surface area contributed by atoms with Crippen LogP contribution in [-0.2, 0) is 0 Å². The van der Waals surface area contributed by atoms with Crippen LogP contribution in [0.25, 0.3) is 0 Å². The standard InChI is InChI=1S/C15H32N2S/c1-5-7-15-11-16-14(10-13(3)4)12-17(15)8-9-18-6-2/h13-16H,5-12H2,1-4H3. The second kappa shape index (κ2) is 9.22. The van der Waals surface area contributed by atoms with Gasteiger partial charge in [0.25, 0.3) is 0 Å². The molecule has 1 N–H and O–H groups in total. The highest BCUT2D eigenvalue weighted by molar-refractivity contribution is 7.99. The van der Waals surface area contributed by atoms with Gasteiger partial charge >= 0.3 is 0 Å². The van der Waals surface area contributed by atoms with Gasteiger partial charge in [-0.05, 0) is 24.5 Å². The molecular formula is C15H32N2S. The fraction of sp³-hybridized carbons (Fsp3) is 1.00. The molecule has 1 aliphatic heterocycles. The quantitative estimate of drug-likeness (QED) is 0.683. The first kappa shape index (κ1) is 16.3. The molecule has 0 aromatic heterocycles. The third-order valence-corrected chi connectivity index (χ3v) is 4.60. The van der Waals surface area contributed by atoms with Crippen LogP contribution < -0.4 is 5.32 Å². The smallest absolute Gasteiger partial charge is 0.0221 e. The second-order valence-electron chi connectivity index (χ2n) is 5.87. The Hall–Kier alpha value is 0.270. The highest BCUT2D eigenvalue weighted by Gasteiger charge is 2.26. The zero-order valence-electron chi connectivity index (χ0n) is 12.7. The molecule has 108 valence electrons. The Morgan fingerprint density at radius 3 is 2.72 bits per heavy atom. The Balaban J connectivity index is 2.41. The summed E-state index contributed by atoms with van der Waals surface area (Å²) < 4.78 is 0. The fourth-order valence-corrected chi connectivity index (χ4v) is 3.53. The summed E-state index contributed by atoms with van der Waals surface area (Å²) in [5.74, 6) is 3.35. The van der Waals surface area contributed by atoms with Gasteiger partial charge in [-0.15, -0.1) is 0 Å². The lowest BCUT2D eigenvalue weighted by Gasteiger charge is -2.41. The van der Waals surface area contributed by atoms with E-state index < -0.39 is 0 Å². The Bertz CT molecular complexity index is 209. The molecule has 2 atom stereocenters. The van der Waals surface area contributed by atoms with E-state index in [-0.39, 0.29) is 0 Å². The van der Waals surface area contributed by atoms with Crippen LogP contribution in [0.2, 0.25) is 0 Å². The number of piperazine rings is 1. The monoisotopic (exact) mass is 272 g/mol.